The van der Waals surface area contributed by atoms with Gasteiger partial charge in [-0.2, -0.15) is 0 Å². The van der Waals surface area contributed by atoms with Crippen LogP contribution in [0.4, 0.5) is 0 Å². The van der Waals surface area contributed by atoms with Crippen LogP contribution in [0.25, 0.3) is 0 Å². The van der Waals surface area contributed by atoms with Crippen LogP contribution in [0, 0.1) is 5.92 Å². The Bertz CT molecular complexity index is 144. The highest BCUT2D eigenvalue weighted by Gasteiger charge is 2.17. The molecule has 0 aromatic rings. The molecule has 0 spiro atoms. The molecule has 1 N–H and O–H groups in total. The van der Waals surface area contributed by atoms with Crippen molar-refractivity contribution in [3.63, 3.8) is 0 Å². The zero-order valence-electron chi connectivity index (χ0n) is 9.30. The Morgan fingerprint density at radius 3 is 2.64 bits per heavy atom. The van der Waals surface area contributed by atoms with Gasteiger partial charge in [0.1, 0.15) is 0 Å². The predicted molar refractivity (Wildman–Crippen MR) is 60.5 cm³/mol. The van der Waals surface area contributed by atoms with Crippen LogP contribution in [0.5, 0.6) is 0 Å². The Hall–Kier alpha value is -0.0800. The fourth-order valence-electron chi connectivity index (χ4n) is 2.82. The smallest absolute Gasteiger partial charge is 0.0107 e. The van der Waals surface area contributed by atoms with E-state index in [1.165, 1.54) is 71.2 Å². The van der Waals surface area contributed by atoms with E-state index < -0.39 is 0 Å². The molecule has 0 aromatic heterocycles. The highest BCUT2D eigenvalue weighted by atomic mass is 15.1. The van der Waals surface area contributed by atoms with Crippen molar-refractivity contribution in [2.45, 2.75) is 38.5 Å². The van der Waals surface area contributed by atoms with Gasteiger partial charge in [0, 0.05) is 19.6 Å². The van der Waals surface area contributed by atoms with E-state index in [1.807, 2.05) is 0 Å². The molecule has 2 aliphatic rings. The van der Waals surface area contributed by atoms with Crippen LogP contribution in [0.15, 0.2) is 0 Å². The monoisotopic (exact) mass is 196 g/mol. The van der Waals surface area contributed by atoms with Crippen molar-refractivity contribution >= 4 is 0 Å². The summed E-state index contributed by atoms with van der Waals surface area (Å²) in [6.45, 7) is 6.40. The summed E-state index contributed by atoms with van der Waals surface area (Å²) in [6, 6.07) is 0. The van der Waals surface area contributed by atoms with Gasteiger partial charge in [-0.3, -0.25) is 0 Å². The number of rotatable bonds is 2. The molecule has 0 radical (unpaired) electrons. The topological polar surface area (TPSA) is 15.3 Å². The van der Waals surface area contributed by atoms with Crippen molar-refractivity contribution in [2.24, 2.45) is 5.92 Å². The van der Waals surface area contributed by atoms with Crippen LogP contribution in [0.3, 0.4) is 0 Å². The van der Waals surface area contributed by atoms with Crippen LogP contribution in [0.2, 0.25) is 0 Å². The molecule has 0 amide bonds. The maximum absolute atomic E-state index is 3.47. The lowest BCUT2D eigenvalue weighted by molar-refractivity contribution is 0.210. The van der Waals surface area contributed by atoms with Crippen molar-refractivity contribution in [2.75, 3.05) is 32.7 Å². The first-order chi connectivity index (χ1) is 6.95. The maximum atomic E-state index is 3.47. The normalized spacial score (nSPS) is 27.4. The van der Waals surface area contributed by atoms with E-state index in [9.17, 15) is 0 Å². The second-order valence-corrected chi connectivity index (χ2v) is 4.91. The molecule has 2 heteroatoms. The van der Waals surface area contributed by atoms with Crippen molar-refractivity contribution in [1.29, 1.82) is 0 Å². The minimum atomic E-state index is 1.02. The summed E-state index contributed by atoms with van der Waals surface area (Å²) in [6.07, 6.45) is 8.77. The fraction of sp³-hybridized carbons (Fsp3) is 1.00. The average molecular weight is 196 g/mol. The Morgan fingerprint density at radius 2 is 1.79 bits per heavy atom. The third-order valence-electron chi connectivity index (χ3n) is 3.67. The molecule has 2 fully saturated rings. The highest BCUT2D eigenvalue weighted by Crippen LogP contribution is 2.24. The van der Waals surface area contributed by atoms with Gasteiger partial charge in [-0.15, -0.1) is 0 Å². The van der Waals surface area contributed by atoms with Crippen molar-refractivity contribution in [1.82, 2.24) is 10.2 Å². The molecular formula is C12H24N2. The molecule has 0 atom stereocenters. The van der Waals surface area contributed by atoms with E-state index in [4.69, 9.17) is 0 Å². The van der Waals surface area contributed by atoms with Gasteiger partial charge in [-0.1, -0.05) is 19.3 Å². The fourth-order valence-corrected chi connectivity index (χ4v) is 2.82. The number of nitrogens with one attached hydrogen (secondary N) is 1. The molecule has 0 bridgehead atoms. The first kappa shape index (κ1) is 10.4. The molecule has 14 heavy (non-hydrogen) atoms. The summed E-state index contributed by atoms with van der Waals surface area (Å²) < 4.78 is 0. The van der Waals surface area contributed by atoms with Gasteiger partial charge in [-0.05, 0) is 38.3 Å². The van der Waals surface area contributed by atoms with Gasteiger partial charge in [0.15, 0.2) is 0 Å². The molecule has 1 saturated carbocycles. The van der Waals surface area contributed by atoms with Gasteiger partial charge < -0.3 is 10.2 Å². The predicted octanol–water partition coefficient (Wildman–Crippen LogP) is 1.86. The van der Waals surface area contributed by atoms with Gasteiger partial charge in [-0.25, -0.2) is 0 Å². The first-order valence-electron chi connectivity index (χ1n) is 6.38. The minimum Gasteiger partial charge on any atom is -0.315 e. The second kappa shape index (κ2) is 5.72. The number of hydrogen-bond donors (Lipinski definition) is 1. The van der Waals surface area contributed by atoms with Crippen LogP contribution in [-0.2, 0) is 0 Å². The van der Waals surface area contributed by atoms with Gasteiger partial charge >= 0.3 is 0 Å². The SMILES string of the molecule is C1CCC(CN2CCCNCC2)CC1. The van der Waals surface area contributed by atoms with E-state index in [1.54, 1.807) is 0 Å². The summed E-state index contributed by atoms with van der Waals surface area (Å²) in [5.41, 5.74) is 0. The van der Waals surface area contributed by atoms with Crippen molar-refractivity contribution in [3.05, 3.63) is 0 Å². The summed E-state index contributed by atoms with van der Waals surface area (Å²) in [5.74, 6) is 1.02. The lowest BCUT2D eigenvalue weighted by atomic mass is 9.89. The Kier molecular flexibility index (Phi) is 4.26. The third-order valence-corrected chi connectivity index (χ3v) is 3.67. The Morgan fingerprint density at radius 1 is 0.929 bits per heavy atom. The van der Waals surface area contributed by atoms with Crippen LogP contribution in [-0.4, -0.2) is 37.6 Å². The molecule has 1 saturated heterocycles. The summed E-state index contributed by atoms with van der Waals surface area (Å²) >= 11 is 0. The standard InChI is InChI=1S/C12H24N2/c1-2-5-12(6-3-1)11-14-9-4-7-13-8-10-14/h12-13H,1-11H2. The van der Waals surface area contributed by atoms with Gasteiger partial charge in [0.05, 0.1) is 0 Å². The molecule has 1 aliphatic heterocycles. The third kappa shape index (κ3) is 3.25. The average Bonchev–Trinajstić information content (AvgIpc) is 2.48. The lowest BCUT2D eigenvalue weighted by Gasteiger charge is -2.28. The zero-order valence-corrected chi connectivity index (χ0v) is 9.30. The zero-order chi connectivity index (χ0) is 9.64. The van der Waals surface area contributed by atoms with Crippen molar-refractivity contribution < 1.29 is 0 Å². The largest absolute Gasteiger partial charge is 0.315 e. The summed E-state index contributed by atoms with van der Waals surface area (Å²) in [5, 5.41) is 3.47. The Labute approximate surface area is 88.1 Å². The molecule has 2 rings (SSSR count). The van der Waals surface area contributed by atoms with Gasteiger partial charge in [0.2, 0.25) is 0 Å². The summed E-state index contributed by atoms with van der Waals surface area (Å²) in [4.78, 5) is 2.68. The molecule has 82 valence electrons. The van der Waals surface area contributed by atoms with E-state index >= 15 is 0 Å². The van der Waals surface area contributed by atoms with Crippen LogP contribution >= 0.6 is 0 Å². The van der Waals surface area contributed by atoms with E-state index in [2.05, 4.69) is 10.2 Å². The molecule has 1 aliphatic carbocycles. The number of nitrogens with zero attached hydrogens (tertiary/aromatic N) is 1. The first-order valence-corrected chi connectivity index (χ1v) is 6.38. The highest BCUT2D eigenvalue weighted by molar-refractivity contribution is 4.73. The molecular weight excluding hydrogens is 172 g/mol. The quantitative estimate of drug-likeness (QED) is 0.725. The van der Waals surface area contributed by atoms with Crippen molar-refractivity contribution in [3.8, 4) is 0 Å². The number of hydrogen-bond acceptors (Lipinski definition) is 2. The Balaban J connectivity index is 1.71. The van der Waals surface area contributed by atoms with E-state index in [-0.39, 0.29) is 0 Å². The minimum absolute atomic E-state index is 1.02. The van der Waals surface area contributed by atoms with Crippen LogP contribution < -0.4 is 5.32 Å². The maximum Gasteiger partial charge on any atom is 0.0107 e. The molecule has 0 unspecified atom stereocenters. The lowest BCUT2D eigenvalue weighted by Crippen LogP contribution is -2.33. The van der Waals surface area contributed by atoms with Gasteiger partial charge in [0.25, 0.3) is 0 Å². The van der Waals surface area contributed by atoms with Crippen LogP contribution in [0.1, 0.15) is 38.5 Å². The molecule has 1 heterocycles. The van der Waals surface area contributed by atoms with E-state index in [0.29, 0.717) is 0 Å². The molecule has 2 nitrogen and oxygen atoms in total. The molecule has 0 aromatic carbocycles. The second-order valence-electron chi connectivity index (χ2n) is 4.91. The van der Waals surface area contributed by atoms with E-state index in [0.717, 1.165) is 5.92 Å². The summed E-state index contributed by atoms with van der Waals surface area (Å²) in [7, 11) is 0.